The van der Waals surface area contributed by atoms with E-state index in [1.54, 1.807) is 13.0 Å². The van der Waals surface area contributed by atoms with Crippen molar-refractivity contribution in [3.05, 3.63) is 41.7 Å². The Hall–Kier alpha value is -2.41. The molecule has 1 aromatic carbocycles. The number of carbonyl (C=O) groups excluding carboxylic acids is 1. The van der Waals surface area contributed by atoms with Crippen molar-refractivity contribution in [3.63, 3.8) is 0 Å². The summed E-state index contributed by atoms with van der Waals surface area (Å²) in [4.78, 5) is 21.4. The fourth-order valence-electron chi connectivity index (χ4n) is 2.05. The highest BCUT2D eigenvalue weighted by Gasteiger charge is 2.18. The molecular formula is C16H16N4O2S. The number of amides is 1. The predicted molar refractivity (Wildman–Crippen MR) is 89.5 cm³/mol. The smallest absolute Gasteiger partial charge is 0.240 e. The lowest BCUT2D eigenvalue weighted by molar-refractivity contribution is -0.115. The van der Waals surface area contributed by atoms with E-state index in [-0.39, 0.29) is 11.2 Å². The Morgan fingerprint density at radius 3 is 2.57 bits per heavy atom. The maximum Gasteiger partial charge on any atom is 0.240 e. The molecule has 0 aliphatic rings. The summed E-state index contributed by atoms with van der Waals surface area (Å²) in [5.41, 5.74) is 3.20. The molecule has 0 radical (unpaired) electrons. The first-order valence-electron chi connectivity index (χ1n) is 7.17. The van der Waals surface area contributed by atoms with Crippen LogP contribution in [-0.2, 0) is 4.79 Å². The molecule has 6 nitrogen and oxygen atoms in total. The second-order valence-electron chi connectivity index (χ2n) is 5.18. The van der Waals surface area contributed by atoms with Gasteiger partial charge in [-0.1, -0.05) is 29.1 Å². The number of nitrogens with zero attached hydrogens (tertiary/aromatic N) is 3. The fourth-order valence-corrected chi connectivity index (χ4v) is 2.92. The zero-order valence-corrected chi connectivity index (χ0v) is 13.8. The van der Waals surface area contributed by atoms with Gasteiger partial charge >= 0.3 is 0 Å². The van der Waals surface area contributed by atoms with Gasteiger partial charge in [-0.2, -0.15) is 0 Å². The Labute approximate surface area is 137 Å². The highest BCUT2D eigenvalue weighted by molar-refractivity contribution is 8.00. The number of anilines is 1. The molecule has 1 unspecified atom stereocenters. The summed E-state index contributed by atoms with van der Waals surface area (Å²) in [5, 5.41) is 6.86. The van der Waals surface area contributed by atoms with Crippen LogP contribution in [0, 0.1) is 13.8 Å². The molecule has 1 N–H and O–H groups in total. The normalized spacial score (nSPS) is 12.3. The van der Waals surface area contributed by atoms with Crippen LogP contribution in [0.15, 0.2) is 39.9 Å². The van der Waals surface area contributed by atoms with Crippen molar-refractivity contribution in [2.75, 3.05) is 5.32 Å². The molecule has 2 aromatic heterocycles. The van der Waals surface area contributed by atoms with E-state index in [0.717, 1.165) is 27.4 Å². The van der Waals surface area contributed by atoms with Gasteiger partial charge in [0, 0.05) is 6.07 Å². The number of nitrogens with one attached hydrogen (secondary N) is 1. The summed E-state index contributed by atoms with van der Waals surface area (Å²) in [6, 6.07) is 9.36. The summed E-state index contributed by atoms with van der Waals surface area (Å²) in [5.74, 6) is 0.182. The molecule has 7 heteroatoms. The standard InChI is InChI=1S/C16H16N4O2S/c1-9-8-14(22-20-9)19-15(21)11(3)23-16-10(2)17-12-6-4-5-7-13(12)18-16/h4-8,11H,1-3H3,(H,19,21). The number of aromatic nitrogens is 3. The molecule has 23 heavy (non-hydrogen) atoms. The van der Waals surface area contributed by atoms with E-state index < -0.39 is 0 Å². The first-order chi connectivity index (χ1) is 11.0. The quantitative estimate of drug-likeness (QED) is 0.740. The Morgan fingerprint density at radius 1 is 1.22 bits per heavy atom. The number of carbonyl (C=O) groups is 1. The lowest BCUT2D eigenvalue weighted by atomic mass is 10.3. The van der Waals surface area contributed by atoms with E-state index in [2.05, 4.69) is 20.4 Å². The lowest BCUT2D eigenvalue weighted by Gasteiger charge is -2.11. The molecule has 1 atom stereocenters. The molecule has 0 bridgehead atoms. The Kier molecular flexibility index (Phi) is 4.29. The van der Waals surface area contributed by atoms with Gasteiger partial charge in [0.1, 0.15) is 5.03 Å². The molecule has 0 fully saturated rings. The van der Waals surface area contributed by atoms with E-state index in [1.807, 2.05) is 38.1 Å². The van der Waals surface area contributed by atoms with Crippen LogP contribution < -0.4 is 5.32 Å². The number of rotatable bonds is 4. The third-order valence-corrected chi connectivity index (χ3v) is 4.41. The van der Waals surface area contributed by atoms with Crippen LogP contribution in [-0.4, -0.2) is 26.3 Å². The number of thioether (sulfide) groups is 1. The lowest BCUT2D eigenvalue weighted by Crippen LogP contribution is -2.22. The second-order valence-corrected chi connectivity index (χ2v) is 6.51. The number of benzene rings is 1. The van der Waals surface area contributed by atoms with Crippen LogP contribution >= 0.6 is 11.8 Å². The van der Waals surface area contributed by atoms with Crippen LogP contribution in [0.25, 0.3) is 11.0 Å². The van der Waals surface area contributed by atoms with Crippen molar-refractivity contribution < 1.29 is 9.32 Å². The maximum atomic E-state index is 12.2. The van der Waals surface area contributed by atoms with Crippen molar-refractivity contribution in [1.82, 2.24) is 15.1 Å². The van der Waals surface area contributed by atoms with Crippen molar-refractivity contribution >= 4 is 34.6 Å². The van der Waals surface area contributed by atoms with E-state index >= 15 is 0 Å². The van der Waals surface area contributed by atoms with Gasteiger partial charge < -0.3 is 4.52 Å². The SMILES string of the molecule is Cc1cc(NC(=O)C(C)Sc2nc3ccccc3nc2C)on1. The number of hydrogen-bond donors (Lipinski definition) is 1. The van der Waals surface area contributed by atoms with Crippen molar-refractivity contribution in [2.24, 2.45) is 0 Å². The van der Waals surface area contributed by atoms with E-state index in [1.165, 1.54) is 11.8 Å². The van der Waals surface area contributed by atoms with Crippen LogP contribution in [0.3, 0.4) is 0 Å². The molecule has 3 rings (SSSR count). The first-order valence-corrected chi connectivity index (χ1v) is 8.05. The molecule has 0 aliphatic carbocycles. The highest BCUT2D eigenvalue weighted by Crippen LogP contribution is 2.26. The van der Waals surface area contributed by atoms with Gasteiger partial charge in [0.25, 0.3) is 0 Å². The molecule has 0 saturated carbocycles. The molecule has 0 aliphatic heterocycles. The minimum atomic E-state index is -0.338. The summed E-state index contributed by atoms with van der Waals surface area (Å²) < 4.78 is 5.00. The summed E-state index contributed by atoms with van der Waals surface area (Å²) in [7, 11) is 0. The van der Waals surface area contributed by atoms with Crippen LogP contribution in [0.5, 0.6) is 0 Å². The van der Waals surface area contributed by atoms with Crippen LogP contribution in [0.2, 0.25) is 0 Å². The minimum Gasteiger partial charge on any atom is -0.338 e. The predicted octanol–water partition coefficient (Wildman–Crippen LogP) is 3.35. The van der Waals surface area contributed by atoms with Crippen molar-refractivity contribution in [2.45, 2.75) is 31.0 Å². The second kappa shape index (κ2) is 6.37. The Balaban J connectivity index is 1.75. The van der Waals surface area contributed by atoms with Gasteiger partial charge in [-0.05, 0) is 32.9 Å². The van der Waals surface area contributed by atoms with Gasteiger partial charge in [-0.25, -0.2) is 9.97 Å². The van der Waals surface area contributed by atoms with Gasteiger partial charge in [0.2, 0.25) is 11.8 Å². The van der Waals surface area contributed by atoms with Crippen LogP contribution in [0.4, 0.5) is 5.88 Å². The molecule has 3 aromatic rings. The molecular weight excluding hydrogens is 312 g/mol. The average molecular weight is 328 g/mol. The number of hydrogen-bond acceptors (Lipinski definition) is 6. The molecule has 2 heterocycles. The van der Waals surface area contributed by atoms with Gasteiger partial charge in [0.15, 0.2) is 0 Å². The minimum absolute atomic E-state index is 0.166. The fraction of sp³-hybridized carbons (Fsp3) is 0.250. The van der Waals surface area contributed by atoms with E-state index in [0.29, 0.717) is 5.88 Å². The first kappa shape index (κ1) is 15.5. The highest BCUT2D eigenvalue weighted by atomic mass is 32.2. The largest absolute Gasteiger partial charge is 0.338 e. The summed E-state index contributed by atoms with van der Waals surface area (Å²) in [6.45, 7) is 5.51. The molecule has 118 valence electrons. The third kappa shape index (κ3) is 3.50. The van der Waals surface area contributed by atoms with Crippen molar-refractivity contribution in [1.29, 1.82) is 0 Å². The van der Waals surface area contributed by atoms with E-state index in [9.17, 15) is 4.79 Å². The molecule has 1 amide bonds. The van der Waals surface area contributed by atoms with Crippen molar-refractivity contribution in [3.8, 4) is 0 Å². The van der Waals surface area contributed by atoms with Gasteiger partial charge in [-0.3, -0.25) is 10.1 Å². The molecule has 0 saturated heterocycles. The zero-order valence-electron chi connectivity index (χ0n) is 13.0. The Morgan fingerprint density at radius 2 is 1.91 bits per heavy atom. The summed E-state index contributed by atoms with van der Waals surface area (Å²) >= 11 is 1.37. The van der Waals surface area contributed by atoms with Crippen LogP contribution in [0.1, 0.15) is 18.3 Å². The third-order valence-electron chi connectivity index (χ3n) is 3.23. The maximum absolute atomic E-state index is 12.2. The Bertz CT molecular complexity index is 862. The monoisotopic (exact) mass is 328 g/mol. The average Bonchev–Trinajstić information content (AvgIpc) is 2.93. The number of fused-ring (bicyclic) bond motifs is 1. The molecule has 0 spiro atoms. The topological polar surface area (TPSA) is 80.9 Å². The zero-order chi connectivity index (χ0) is 16.4. The van der Waals surface area contributed by atoms with E-state index in [4.69, 9.17) is 4.52 Å². The number of aryl methyl sites for hydroxylation is 2. The summed E-state index contributed by atoms with van der Waals surface area (Å²) in [6.07, 6.45) is 0. The van der Waals surface area contributed by atoms with Gasteiger partial charge in [-0.15, -0.1) is 0 Å². The number of para-hydroxylation sites is 2. The van der Waals surface area contributed by atoms with Gasteiger partial charge in [0.05, 0.1) is 27.7 Å².